The zero-order valence-corrected chi connectivity index (χ0v) is 27.7. The summed E-state index contributed by atoms with van der Waals surface area (Å²) in [5.74, 6) is -1.10. The van der Waals surface area contributed by atoms with Gasteiger partial charge >= 0.3 is 18.3 Å². The van der Waals surface area contributed by atoms with E-state index in [4.69, 9.17) is 18.7 Å². The number of fused-ring (bicyclic) bond motifs is 1. The molecule has 4 aromatic heterocycles. The van der Waals surface area contributed by atoms with Gasteiger partial charge < -0.3 is 29.0 Å². The number of nitrogens with zero attached hydrogens (tertiary/aromatic N) is 4. The number of aromatic amines is 1. The zero-order chi connectivity index (χ0) is 38.6. The lowest BCUT2D eigenvalue weighted by atomic mass is 10.1. The fraction of sp³-hybridized carbons (Fsp3) is 0.139. The second-order valence-corrected chi connectivity index (χ2v) is 11.4. The van der Waals surface area contributed by atoms with Crippen LogP contribution in [0, 0.1) is 0 Å². The number of carboxylic acid groups (broad SMARTS) is 1. The average Bonchev–Trinajstić information content (AvgIpc) is 3.97. The van der Waals surface area contributed by atoms with Crippen molar-refractivity contribution in [3.8, 4) is 28.4 Å². The summed E-state index contributed by atoms with van der Waals surface area (Å²) in [6.45, 7) is 0.570. The molecule has 0 bridgehead atoms. The van der Waals surface area contributed by atoms with Crippen molar-refractivity contribution >= 4 is 28.5 Å². The van der Waals surface area contributed by atoms with E-state index in [-0.39, 0.29) is 28.5 Å². The quantitative estimate of drug-likeness (QED) is 0.123. The molecular weight excluding hydrogens is 726 g/mol. The fourth-order valence-electron chi connectivity index (χ4n) is 5.30. The van der Waals surface area contributed by atoms with Crippen molar-refractivity contribution in [2.75, 3.05) is 12.4 Å². The normalized spacial score (nSPS) is 11.6. The predicted octanol–water partition coefficient (Wildman–Crippen LogP) is 8.60. The average molecular weight is 753 g/mol. The van der Waals surface area contributed by atoms with E-state index >= 15 is 0 Å². The van der Waals surface area contributed by atoms with Crippen LogP contribution in [0.15, 0.2) is 107 Å². The number of carbonyl (C=O) groups excluding carboxylic acids is 1. The number of anilines is 1. The van der Waals surface area contributed by atoms with Gasteiger partial charge in [0.15, 0.2) is 35.7 Å². The van der Waals surface area contributed by atoms with Gasteiger partial charge in [-0.25, -0.2) is 14.8 Å². The number of carbonyl (C=O) groups is 2. The van der Waals surface area contributed by atoms with E-state index in [2.05, 4.69) is 25.4 Å². The molecule has 12 nitrogen and oxygen atoms in total. The number of methoxy groups -OCH3 is 1. The molecule has 0 atom stereocenters. The first-order valence-corrected chi connectivity index (χ1v) is 15.6. The standard InChI is InChI=1S/C25H20F3N5O3.C11H6F3NO3/c1-35-19-6-7-21-20(10-19)16(11-29-21)8-9-33-13-18(12-31-33)32-24(34)22-23(36-14-30-22)15-2-4-17(5-3-15)25(26,27)28;12-11(13,14)7-3-1-6(2-4-7)9-8(10(16)17)15-5-18-9/h2-7,10-14,29H,8-9H2,1H3,(H,32,34);1-5H,(H,16,17). The third kappa shape index (κ3) is 8.27. The summed E-state index contributed by atoms with van der Waals surface area (Å²) in [5.41, 5.74) is 1.09. The molecule has 0 aliphatic rings. The Labute approximate surface area is 300 Å². The van der Waals surface area contributed by atoms with Gasteiger partial charge in [0.1, 0.15) is 5.75 Å². The number of oxazole rings is 2. The van der Waals surface area contributed by atoms with Crippen LogP contribution in [-0.2, 0) is 25.3 Å². The van der Waals surface area contributed by atoms with Crippen LogP contribution in [0.2, 0.25) is 0 Å². The van der Waals surface area contributed by atoms with Crippen LogP contribution in [0.25, 0.3) is 33.6 Å². The maximum absolute atomic E-state index is 12.8. The largest absolute Gasteiger partial charge is 0.497 e. The molecule has 54 heavy (non-hydrogen) atoms. The highest BCUT2D eigenvalue weighted by atomic mass is 19.4. The lowest BCUT2D eigenvalue weighted by Crippen LogP contribution is -2.13. The number of benzene rings is 3. The number of aromatic carboxylic acids is 1. The van der Waals surface area contributed by atoms with Crippen molar-refractivity contribution in [1.82, 2.24) is 24.7 Å². The number of halogens is 6. The number of hydrogen-bond acceptors (Lipinski definition) is 8. The number of hydrogen-bond donors (Lipinski definition) is 3. The second kappa shape index (κ2) is 15.0. The summed E-state index contributed by atoms with van der Waals surface area (Å²) in [5, 5.41) is 16.9. The van der Waals surface area contributed by atoms with Gasteiger partial charge in [0.05, 0.1) is 30.1 Å². The van der Waals surface area contributed by atoms with Crippen LogP contribution < -0.4 is 10.1 Å². The number of amides is 1. The molecule has 0 spiro atoms. The molecule has 3 N–H and O–H groups in total. The van der Waals surface area contributed by atoms with Gasteiger partial charge in [-0.3, -0.25) is 9.48 Å². The number of H-pyrrole nitrogens is 1. The summed E-state index contributed by atoms with van der Waals surface area (Å²) < 4.78 is 92.7. The van der Waals surface area contributed by atoms with Gasteiger partial charge in [-0.2, -0.15) is 31.4 Å². The number of rotatable bonds is 9. The third-order valence-corrected chi connectivity index (χ3v) is 7.98. The van der Waals surface area contributed by atoms with Crippen LogP contribution >= 0.6 is 0 Å². The van der Waals surface area contributed by atoms with E-state index in [0.29, 0.717) is 24.2 Å². The topological polar surface area (TPSA) is 161 Å². The summed E-state index contributed by atoms with van der Waals surface area (Å²) in [4.78, 5) is 34.2. The first kappa shape index (κ1) is 36.9. The first-order valence-electron chi connectivity index (χ1n) is 15.6. The number of aryl methyl sites for hydroxylation is 2. The van der Waals surface area contributed by atoms with Crippen molar-refractivity contribution in [2.24, 2.45) is 0 Å². The van der Waals surface area contributed by atoms with Crippen molar-refractivity contribution in [3.05, 3.63) is 126 Å². The Morgan fingerprint density at radius 1 is 0.852 bits per heavy atom. The van der Waals surface area contributed by atoms with Crippen LogP contribution in [0.4, 0.5) is 32.0 Å². The van der Waals surface area contributed by atoms with Gasteiger partial charge in [0, 0.05) is 41.0 Å². The minimum atomic E-state index is -4.46. The van der Waals surface area contributed by atoms with E-state index in [1.165, 1.54) is 18.3 Å². The first-order chi connectivity index (χ1) is 25.7. The molecule has 18 heteroatoms. The van der Waals surface area contributed by atoms with Crippen LogP contribution in [0.1, 0.15) is 37.7 Å². The van der Waals surface area contributed by atoms with Gasteiger partial charge in [0.25, 0.3) is 5.91 Å². The highest BCUT2D eigenvalue weighted by Gasteiger charge is 2.31. The molecule has 0 aliphatic carbocycles. The lowest BCUT2D eigenvalue weighted by Gasteiger charge is -2.07. The van der Waals surface area contributed by atoms with E-state index in [9.17, 15) is 35.9 Å². The number of ether oxygens (including phenoxy) is 1. The van der Waals surface area contributed by atoms with Crippen molar-refractivity contribution in [1.29, 1.82) is 0 Å². The number of carboxylic acids is 1. The van der Waals surface area contributed by atoms with Gasteiger partial charge in [0.2, 0.25) is 0 Å². The van der Waals surface area contributed by atoms with Crippen molar-refractivity contribution in [2.45, 2.75) is 25.3 Å². The highest BCUT2D eigenvalue weighted by Crippen LogP contribution is 2.33. The molecule has 0 unspecified atom stereocenters. The monoisotopic (exact) mass is 752 g/mol. The van der Waals surface area contributed by atoms with Crippen molar-refractivity contribution in [3.63, 3.8) is 0 Å². The van der Waals surface area contributed by atoms with E-state index in [1.54, 1.807) is 18.0 Å². The molecule has 7 rings (SSSR count). The lowest BCUT2D eigenvalue weighted by molar-refractivity contribution is -0.138. The maximum atomic E-state index is 12.8. The number of nitrogens with one attached hydrogen (secondary N) is 2. The number of aromatic nitrogens is 5. The molecule has 4 heterocycles. The Bertz CT molecular complexity index is 2390. The Hall–Kier alpha value is -6.85. The molecule has 0 saturated heterocycles. The third-order valence-electron chi connectivity index (χ3n) is 7.98. The van der Waals surface area contributed by atoms with Gasteiger partial charge in [-0.1, -0.05) is 24.3 Å². The Balaban J connectivity index is 0.000000232. The molecule has 1 amide bonds. The second-order valence-electron chi connectivity index (χ2n) is 11.4. The smallest absolute Gasteiger partial charge is 0.416 e. The molecule has 0 radical (unpaired) electrons. The molecule has 7 aromatic rings. The minimum absolute atomic E-state index is 0.0461. The summed E-state index contributed by atoms with van der Waals surface area (Å²) >= 11 is 0. The van der Waals surface area contributed by atoms with Crippen molar-refractivity contribution < 1.29 is 54.6 Å². The Morgan fingerprint density at radius 3 is 1.98 bits per heavy atom. The Morgan fingerprint density at radius 2 is 1.43 bits per heavy atom. The zero-order valence-electron chi connectivity index (χ0n) is 27.7. The van der Waals surface area contributed by atoms with Crippen LogP contribution in [0.5, 0.6) is 5.75 Å². The molecule has 0 saturated carbocycles. The van der Waals surface area contributed by atoms with Gasteiger partial charge in [-0.05, 0) is 54.4 Å². The summed E-state index contributed by atoms with van der Waals surface area (Å²) in [7, 11) is 1.62. The summed E-state index contributed by atoms with van der Waals surface area (Å²) in [6, 6.07) is 14.1. The fourth-order valence-corrected chi connectivity index (χ4v) is 5.30. The minimum Gasteiger partial charge on any atom is -0.497 e. The maximum Gasteiger partial charge on any atom is 0.416 e. The Kier molecular flexibility index (Phi) is 10.3. The summed E-state index contributed by atoms with van der Waals surface area (Å²) in [6.07, 6.45) is -1.05. The molecule has 3 aromatic carbocycles. The number of alkyl halides is 6. The SMILES string of the molecule is COc1ccc2[nH]cc(CCn3cc(NC(=O)c4ncoc4-c4ccc(C(F)(F)F)cc4)cn3)c2c1.O=C(O)c1ncoc1-c1ccc(C(F)(F)F)cc1. The molecule has 0 aliphatic heterocycles. The van der Waals surface area contributed by atoms with E-state index < -0.39 is 35.4 Å². The highest BCUT2D eigenvalue weighted by molar-refractivity contribution is 6.06. The molecule has 0 fully saturated rings. The van der Waals surface area contributed by atoms with Crippen LogP contribution in [-0.4, -0.2) is 48.8 Å². The van der Waals surface area contributed by atoms with Gasteiger partial charge in [-0.15, -0.1) is 0 Å². The molecule has 278 valence electrons. The predicted molar refractivity (Wildman–Crippen MR) is 180 cm³/mol. The van der Waals surface area contributed by atoms with Crippen LogP contribution in [0.3, 0.4) is 0 Å². The molecular formula is C36H26F6N6O6. The van der Waals surface area contributed by atoms with E-state index in [1.807, 2.05) is 24.4 Å². The van der Waals surface area contributed by atoms with E-state index in [0.717, 1.165) is 71.4 Å².